The van der Waals surface area contributed by atoms with E-state index in [0.29, 0.717) is 30.0 Å². The average Bonchev–Trinajstić information content (AvgIpc) is 3.06. The van der Waals surface area contributed by atoms with Crippen molar-refractivity contribution in [2.24, 2.45) is 5.92 Å². The van der Waals surface area contributed by atoms with E-state index in [1.807, 2.05) is 31.2 Å². The van der Waals surface area contributed by atoms with Crippen LogP contribution in [-0.2, 0) is 19.5 Å². The first-order chi connectivity index (χ1) is 15.0. The zero-order valence-electron chi connectivity index (χ0n) is 17.8. The molecule has 2 aromatic carbocycles. The molecule has 1 amide bonds. The summed E-state index contributed by atoms with van der Waals surface area (Å²) in [7, 11) is 0. The standard InChI is InChI=1S/C25H29ClF2N2O/c1-2-19(26)9-17-7-4-8-20(10-17)30-15-23-21(24(27)28)11-18(12-22(23)25(30)31)14-29-13-16-5-3-6-16/h4,7-8,10-12,16,19,24,29H,2-3,5-6,9,13-15H2,1H3. The molecule has 1 aliphatic heterocycles. The van der Waals surface area contributed by atoms with Crippen molar-refractivity contribution in [3.05, 3.63) is 64.2 Å². The molecule has 1 aliphatic carbocycles. The van der Waals surface area contributed by atoms with Crippen LogP contribution in [0.4, 0.5) is 14.5 Å². The Balaban J connectivity index is 1.55. The predicted octanol–water partition coefficient (Wildman–Crippen LogP) is 6.23. The van der Waals surface area contributed by atoms with Gasteiger partial charge in [-0.3, -0.25) is 4.79 Å². The van der Waals surface area contributed by atoms with Crippen molar-refractivity contribution in [2.75, 3.05) is 11.4 Å². The van der Waals surface area contributed by atoms with Gasteiger partial charge in [-0.05, 0) is 79.1 Å². The van der Waals surface area contributed by atoms with Crippen molar-refractivity contribution >= 4 is 23.2 Å². The summed E-state index contributed by atoms with van der Waals surface area (Å²) < 4.78 is 27.7. The molecule has 0 bridgehead atoms. The number of fused-ring (bicyclic) bond motifs is 1. The maximum atomic E-state index is 13.9. The second kappa shape index (κ2) is 9.66. The molecular weight excluding hydrogens is 418 g/mol. The summed E-state index contributed by atoms with van der Waals surface area (Å²) in [5.41, 5.74) is 3.31. The molecule has 1 saturated carbocycles. The first-order valence-corrected chi connectivity index (χ1v) is 11.6. The third kappa shape index (κ3) is 4.93. The minimum Gasteiger partial charge on any atom is -0.312 e. The SMILES string of the molecule is CCC(Cl)Cc1cccc(N2Cc3c(cc(CNCC4CCC4)cc3C(F)F)C2=O)c1. The molecule has 0 saturated heterocycles. The smallest absolute Gasteiger partial charge is 0.264 e. The Hall–Kier alpha value is -1.98. The number of hydrogen-bond acceptors (Lipinski definition) is 2. The van der Waals surface area contributed by atoms with Gasteiger partial charge in [0.2, 0.25) is 0 Å². The highest BCUT2D eigenvalue weighted by Gasteiger charge is 2.33. The molecule has 2 aliphatic rings. The number of anilines is 1. The monoisotopic (exact) mass is 446 g/mol. The molecule has 2 aromatic rings. The molecule has 6 heteroatoms. The Kier molecular flexibility index (Phi) is 6.92. The predicted molar refractivity (Wildman–Crippen MR) is 121 cm³/mol. The number of nitrogens with one attached hydrogen (secondary N) is 1. The number of carbonyl (C=O) groups excluding carboxylic acids is 1. The minimum atomic E-state index is -2.61. The van der Waals surface area contributed by atoms with Crippen LogP contribution in [0.1, 0.15) is 71.6 Å². The highest BCUT2D eigenvalue weighted by molar-refractivity contribution is 6.20. The molecule has 0 spiro atoms. The molecule has 0 radical (unpaired) electrons. The van der Waals surface area contributed by atoms with Crippen molar-refractivity contribution in [1.29, 1.82) is 0 Å². The quantitative estimate of drug-likeness (QED) is 0.463. The van der Waals surface area contributed by atoms with Gasteiger partial charge in [-0.25, -0.2) is 8.78 Å². The summed E-state index contributed by atoms with van der Waals surface area (Å²) in [5.74, 6) is 0.474. The fourth-order valence-corrected chi connectivity index (χ4v) is 4.55. The maximum absolute atomic E-state index is 13.9. The van der Waals surface area contributed by atoms with Gasteiger partial charge in [0.15, 0.2) is 0 Å². The van der Waals surface area contributed by atoms with Crippen molar-refractivity contribution in [3.8, 4) is 0 Å². The summed E-state index contributed by atoms with van der Waals surface area (Å²) in [6, 6.07) is 11.0. The number of benzene rings is 2. The minimum absolute atomic E-state index is 0.0298. The maximum Gasteiger partial charge on any atom is 0.264 e. The van der Waals surface area contributed by atoms with E-state index in [9.17, 15) is 13.6 Å². The Morgan fingerprint density at radius 3 is 2.68 bits per heavy atom. The van der Waals surface area contributed by atoms with Crippen LogP contribution in [0.3, 0.4) is 0 Å². The zero-order valence-corrected chi connectivity index (χ0v) is 18.6. The van der Waals surface area contributed by atoms with Crippen LogP contribution in [0.2, 0.25) is 0 Å². The lowest BCUT2D eigenvalue weighted by molar-refractivity contribution is 0.0996. The topological polar surface area (TPSA) is 32.3 Å². The van der Waals surface area contributed by atoms with Gasteiger partial charge >= 0.3 is 0 Å². The van der Waals surface area contributed by atoms with E-state index in [0.717, 1.165) is 29.8 Å². The highest BCUT2D eigenvalue weighted by atomic mass is 35.5. The molecule has 1 unspecified atom stereocenters. The van der Waals surface area contributed by atoms with E-state index in [1.165, 1.54) is 19.3 Å². The number of nitrogens with zero attached hydrogens (tertiary/aromatic N) is 1. The van der Waals surface area contributed by atoms with E-state index in [2.05, 4.69) is 5.32 Å². The summed E-state index contributed by atoms with van der Waals surface area (Å²) >= 11 is 6.29. The lowest BCUT2D eigenvalue weighted by Crippen LogP contribution is -2.27. The number of rotatable bonds is 9. The second-order valence-electron chi connectivity index (χ2n) is 8.71. The number of halogens is 3. The molecule has 1 heterocycles. The molecule has 1 N–H and O–H groups in total. The number of carbonyl (C=O) groups is 1. The third-order valence-corrected chi connectivity index (χ3v) is 6.94. The fourth-order valence-electron chi connectivity index (χ4n) is 4.37. The molecular formula is C25H29ClF2N2O. The lowest BCUT2D eigenvalue weighted by Gasteiger charge is -2.25. The van der Waals surface area contributed by atoms with Gasteiger partial charge in [0, 0.05) is 28.7 Å². The van der Waals surface area contributed by atoms with Crippen molar-refractivity contribution in [1.82, 2.24) is 5.32 Å². The summed E-state index contributed by atoms with van der Waals surface area (Å²) in [4.78, 5) is 14.8. The summed E-state index contributed by atoms with van der Waals surface area (Å²) in [5, 5.41) is 3.40. The first kappa shape index (κ1) is 22.2. The molecule has 1 fully saturated rings. The lowest BCUT2D eigenvalue weighted by atomic mass is 9.85. The Morgan fingerprint density at radius 1 is 1.19 bits per heavy atom. The Bertz CT molecular complexity index is 945. The molecule has 31 heavy (non-hydrogen) atoms. The van der Waals surface area contributed by atoms with Crippen LogP contribution in [-0.4, -0.2) is 17.8 Å². The van der Waals surface area contributed by atoms with Crippen molar-refractivity contribution < 1.29 is 13.6 Å². The number of amides is 1. The normalized spacial score (nSPS) is 17.2. The van der Waals surface area contributed by atoms with Gasteiger partial charge in [0.25, 0.3) is 12.3 Å². The van der Waals surface area contributed by atoms with Gasteiger partial charge in [-0.15, -0.1) is 11.6 Å². The first-order valence-electron chi connectivity index (χ1n) is 11.2. The zero-order chi connectivity index (χ0) is 22.0. The molecule has 1 atom stereocenters. The fraction of sp³-hybridized carbons (Fsp3) is 0.480. The number of alkyl halides is 3. The third-order valence-electron chi connectivity index (χ3n) is 6.48. The van der Waals surface area contributed by atoms with Crippen LogP contribution in [0.5, 0.6) is 0 Å². The van der Waals surface area contributed by atoms with E-state index in [4.69, 9.17) is 11.6 Å². The summed E-state index contributed by atoms with van der Waals surface area (Å²) in [6.07, 6.45) is 2.69. The van der Waals surface area contributed by atoms with E-state index < -0.39 is 6.43 Å². The van der Waals surface area contributed by atoms with E-state index in [-0.39, 0.29) is 23.4 Å². The highest BCUT2D eigenvalue weighted by Crippen LogP contribution is 2.36. The van der Waals surface area contributed by atoms with Gasteiger partial charge in [-0.2, -0.15) is 0 Å². The molecule has 3 nitrogen and oxygen atoms in total. The van der Waals surface area contributed by atoms with Crippen molar-refractivity contribution in [3.63, 3.8) is 0 Å². The Morgan fingerprint density at radius 2 is 2.00 bits per heavy atom. The van der Waals surface area contributed by atoms with Crippen LogP contribution < -0.4 is 10.2 Å². The molecule has 166 valence electrons. The number of hydrogen-bond donors (Lipinski definition) is 1. The largest absolute Gasteiger partial charge is 0.312 e. The van der Waals surface area contributed by atoms with Crippen LogP contribution in [0.25, 0.3) is 0 Å². The van der Waals surface area contributed by atoms with E-state index in [1.54, 1.807) is 17.0 Å². The van der Waals surface area contributed by atoms with Gasteiger partial charge < -0.3 is 10.2 Å². The van der Waals surface area contributed by atoms with Crippen LogP contribution in [0, 0.1) is 5.92 Å². The molecule has 0 aromatic heterocycles. The van der Waals surface area contributed by atoms with Gasteiger partial charge in [-0.1, -0.05) is 25.5 Å². The second-order valence-corrected chi connectivity index (χ2v) is 9.33. The summed E-state index contributed by atoms with van der Waals surface area (Å²) in [6.45, 7) is 3.60. The van der Waals surface area contributed by atoms with Gasteiger partial charge in [0.1, 0.15) is 0 Å². The van der Waals surface area contributed by atoms with Crippen molar-refractivity contribution in [2.45, 2.75) is 63.9 Å². The average molecular weight is 447 g/mol. The van der Waals surface area contributed by atoms with Crippen LogP contribution in [0.15, 0.2) is 36.4 Å². The van der Waals surface area contributed by atoms with Gasteiger partial charge in [0.05, 0.1) is 6.54 Å². The van der Waals surface area contributed by atoms with E-state index >= 15 is 0 Å². The Labute approximate surface area is 187 Å². The van der Waals surface area contributed by atoms with Crippen LogP contribution >= 0.6 is 11.6 Å². The molecule has 4 rings (SSSR count).